The normalized spacial score (nSPS) is 16.6. The van der Waals surface area contributed by atoms with Crippen LogP contribution in [0.1, 0.15) is 41.6 Å². The highest BCUT2D eigenvalue weighted by Gasteiger charge is 2.09. The van der Waals surface area contributed by atoms with Crippen LogP contribution < -0.4 is 5.32 Å². The topological polar surface area (TPSA) is 32.3 Å². The maximum absolute atomic E-state index is 12.0. The van der Waals surface area contributed by atoms with Crippen LogP contribution >= 0.6 is 11.6 Å². The van der Waals surface area contributed by atoms with E-state index in [9.17, 15) is 4.79 Å². The first kappa shape index (κ1) is 15.3. The molecule has 1 aliphatic heterocycles. The van der Waals surface area contributed by atoms with Crippen molar-refractivity contribution in [3.8, 4) is 0 Å². The number of benzene rings is 1. The number of halogens is 1. The van der Waals surface area contributed by atoms with Gasteiger partial charge in [0.05, 0.1) is 0 Å². The summed E-state index contributed by atoms with van der Waals surface area (Å²) in [5.74, 6) is 0.484. The van der Waals surface area contributed by atoms with Crippen LogP contribution in [0.2, 0.25) is 0 Å². The van der Waals surface area contributed by atoms with Crippen LogP contribution in [-0.4, -0.2) is 37.0 Å². The van der Waals surface area contributed by atoms with Crippen LogP contribution in [0.5, 0.6) is 0 Å². The second-order valence-electron chi connectivity index (χ2n) is 5.34. The zero-order chi connectivity index (χ0) is 14.2. The van der Waals surface area contributed by atoms with Gasteiger partial charge in [-0.05, 0) is 43.6 Å². The number of nitrogens with zero attached hydrogens (tertiary/aromatic N) is 1. The number of likely N-dealkylation sites (tertiary alicyclic amines) is 1. The molecular formula is C16H23ClN2O. The molecule has 1 aliphatic rings. The SMILES string of the molecule is O=C(NCCN1CCCCCC1)c1ccc(CCl)cc1. The molecule has 1 heterocycles. The van der Waals surface area contributed by atoms with E-state index in [2.05, 4.69) is 10.2 Å². The van der Waals surface area contributed by atoms with Crippen molar-refractivity contribution in [3.63, 3.8) is 0 Å². The summed E-state index contributed by atoms with van der Waals surface area (Å²) in [6, 6.07) is 7.46. The summed E-state index contributed by atoms with van der Waals surface area (Å²) in [4.78, 5) is 14.4. The third-order valence-electron chi connectivity index (χ3n) is 3.78. The fourth-order valence-corrected chi connectivity index (χ4v) is 2.71. The van der Waals surface area contributed by atoms with Crippen molar-refractivity contribution in [1.29, 1.82) is 0 Å². The maximum Gasteiger partial charge on any atom is 0.251 e. The highest BCUT2D eigenvalue weighted by Crippen LogP contribution is 2.09. The van der Waals surface area contributed by atoms with Crippen molar-refractivity contribution in [1.82, 2.24) is 10.2 Å². The minimum Gasteiger partial charge on any atom is -0.351 e. The standard InChI is InChI=1S/C16H23ClN2O/c17-13-14-5-7-15(8-6-14)16(20)18-9-12-19-10-3-1-2-4-11-19/h5-8H,1-4,9-13H2,(H,18,20). The minimum atomic E-state index is 0.000874. The molecule has 0 saturated carbocycles. The van der Waals surface area contributed by atoms with Crippen LogP contribution in [-0.2, 0) is 5.88 Å². The van der Waals surface area contributed by atoms with Crippen LogP contribution in [0.25, 0.3) is 0 Å². The van der Waals surface area contributed by atoms with E-state index in [0.29, 0.717) is 11.4 Å². The second kappa shape index (κ2) is 8.28. The number of rotatable bonds is 5. The van der Waals surface area contributed by atoms with Crippen molar-refractivity contribution in [2.75, 3.05) is 26.2 Å². The Balaban J connectivity index is 1.73. The Kier molecular flexibility index (Phi) is 6.34. The molecule has 4 heteroatoms. The summed E-state index contributed by atoms with van der Waals surface area (Å²) in [7, 11) is 0. The van der Waals surface area contributed by atoms with E-state index in [1.54, 1.807) is 0 Å². The predicted octanol–water partition coefficient (Wildman–Crippen LogP) is 3.03. The number of nitrogens with one attached hydrogen (secondary N) is 1. The van der Waals surface area contributed by atoms with Crippen molar-refractivity contribution in [2.45, 2.75) is 31.6 Å². The van der Waals surface area contributed by atoms with Crippen molar-refractivity contribution in [3.05, 3.63) is 35.4 Å². The summed E-state index contributed by atoms with van der Waals surface area (Å²) in [5.41, 5.74) is 1.74. The highest BCUT2D eigenvalue weighted by atomic mass is 35.5. The smallest absolute Gasteiger partial charge is 0.251 e. The zero-order valence-electron chi connectivity index (χ0n) is 11.9. The van der Waals surface area contributed by atoms with Gasteiger partial charge >= 0.3 is 0 Å². The third kappa shape index (κ3) is 4.80. The Morgan fingerprint density at radius 3 is 2.35 bits per heavy atom. The summed E-state index contributed by atoms with van der Waals surface area (Å²) in [6.07, 6.45) is 5.26. The number of amides is 1. The molecule has 1 aromatic carbocycles. The molecular weight excluding hydrogens is 272 g/mol. The molecule has 0 spiro atoms. The first-order valence-electron chi connectivity index (χ1n) is 7.45. The number of hydrogen-bond donors (Lipinski definition) is 1. The summed E-state index contributed by atoms with van der Waals surface area (Å²) < 4.78 is 0. The largest absolute Gasteiger partial charge is 0.351 e. The lowest BCUT2D eigenvalue weighted by Crippen LogP contribution is -2.35. The lowest BCUT2D eigenvalue weighted by molar-refractivity contribution is 0.0948. The van der Waals surface area contributed by atoms with E-state index in [0.717, 1.165) is 18.7 Å². The molecule has 1 aromatic rings. The Hall–Kier alpha value is -1.06. The van der Waals surface area contributed by atoms with E-state index >= 15 is 0 Å². The molecule has 0 aromatic heterocycles. The van der Waals surface area contributed by atoms with Gasteiger partial charge in [-0.2, -0.15) is 0 Å². The van der Waals surface area contributed by atoms with E-state index in [1.807, 2.05) is 24.3 Å². The van der Waals surface area contributed by atoms with E-state index in [-0.39, 0.29) is 5.91 Å². The lowest BCUT2D eigenvalue weighted by Gasteiger charge is -2.19. The average Bonchev–Trinajstić information content (AvgIpc) is 2.76. The third-order valence-corrected chi connectivity index (χ3v) is 4.09. The molecule has 0 bridgehead atoms. The average molecular weight is 295 g/mol. The highest BCUT2D eigenvalue weighted by molar-refractivity contribution is 6.17. The van der Waals surface area contributed by atoms with E-state index < -0.39 is 0 Å². The molecule has 1 fully saturated rings. The Labute approximate surface area is 126 Å². The number of alkyl halides is 1. The molecule has 20 heavy (non-hydrogen) atoms. The lowest BCUT2D eigenvalue weighted by atomic mass is 10.1. The summed E-state index contributed by atoms with van der Waals surface area (Å²) in [5, 5.41) is 2.99. The van der Waals surface area contributed by atoms with Crippen LogP contribution in [0.4, 0.5) is 0 Å². The van der Waals surface area contributed by atoms with Gasteiger partial charge in [0.1, 0.15) is 0 Å². The fourth-order valence-electron chi connectivity index (χ4n) is 2.53. The number of carbonyl (C=O) groups excluding carboxylic acids is 1. The molecule has 0 aliphatic carbocycles. The van der Waals surface area contributed by atoms with Crippen LogP contribution in [0.15, 0.2) is 24.3 Å². The van der Waals surface area contributed by atoms with E-state index in [1.165, 1.54) is 38.8 Å². The van der Waals surface area contributed by atoms with Gasteiger partial charge in [0.2, 0.25) is 0 Å². The molecule has 2 rings (SSSR count). The Morgan fingerprint density at radius 1 is 1.10 bits per heavy atom. The van der Waals surface area contributed by atoms with Gasteiger partial charge in [0.25, 0.3) is 5.91 Å². The first-order chi connectivity index (χ1) is 9.79. The maximum atomic E-state index is 12.0. The Bertz CT molecular complexity index is 411. The fraction of sp³-hybridized carbons (Fsp3) is 0.562. The molecule has 1 N–H and O–H groups in total. The molecule has 3 nitrogen and oxygen atoms in total. The minimum absolute atomic E-state index is 0.000874. The molecule has 0 unspecified atom stereocenters. The summed E-state index contributed by atoms with van der Waals surface area (Å²) >= 11 is 5.74. The molecule has 1 amide bonds. The van der Waals surface area contributed by atoms with Gasteiger partial charge in [-0.3, -0.25) is 4.79 Å². The van der Waals surface area contributed by atoms with Gasteiger partial charge in [-0.1, -0.05) is 25.0 Å². The van der Waals surface area contributed by atoms with Gasteiger partial charge in [0.15, 0.2) is 0 Å². The molecule has 1 saturated heterocycles. The van der Waals surface area contributed by atoms with Gasteiger partial charge in [-0.25, -0.2) is 0 Å². The monoisotopic (exact) mass is 294 g/mol. The van der Waals surface area contributed by atoms with Gasteiger partial charge in [0, 0.05) is 24.5 Å². The van der Waals surface area contributed by atoms with Crippen molar-refractivity contribution >= 4 is 17.5 Å². The second-order valence-corrected chi connectivity index (χ2v) is 5.61. The van der Waals surface area contributed by atoms with Crippen LogP contribution in [0, 0.1) is 0 Å². The predicted molar refractivity (Wildman–Crippen MR) is 83.2 cm³/mol. The summed E-state index contributed by atoms with van der Waals surface area (Å²) in [6.45, 7) is 4.00. The van der Waals surface area contributed by atoms with Crippen LogP contribution in [0.3, 0.4) is 0 Å². The molecule has 110 valence electrons. The van der Waals surface area contributed by atoms with Crippen molar-refractivity contribution in [2.24, 2.45) is 0 Å². The van der Waals surface area contributed by atoms with E-state index in [4.69, 9.17) is 11.6 Å². The Morgan fingerprint density at radius 2 is 1.75 bits per heavy atom. The number of carbonyl (C=O) groups is 1. The molecule has 0 atom stereocenters. The molecule has 0 radical (unpaired) electrons. The zero-order valence-corrected chi connectivity index (χ0v) is 12.7. The van der Waals surface area contributed by atoms with Gasteiger partial charge < -0.3 is 10.2 Å². The number of hydrogen-bond acceptors (Lipinski definition) is 2. The van der Waals surface area contributed by atoms with Gasteiger partial charge in [-0.15, -0.1) is 11.6 Å². The first-order valence-corrected chi connectivity index (χ1v) is 7.98. The van der Waals surface area contributed by atoms with Crippen molar-refractivity contribution < 1.29 is 4.79 Å². The quantitative estimate of drug-likeness (QED) is 0.847.